The molecule has 0 fully saturated rings. The summed E-state index contributed by atoms with van der Waals surface area (Å²) in [4.78, 5) is 22.7. The van der Waals surface area contributed by atoms with Crippen LogP contribution in [0.4, 0.5) is 11.7 Å². The Labute approximate surface area is 141 Å². The average Bonchev–Trinajstić information content (AvgIpc) is 3.12. The van der Waals surface area contributed by atoms with Gasteiger partial charge in [-0.3, -0.25) is 20.5 Å². The molecule has 0 aliphatic carbocycles. The number of hydrogen-bond acceptors (Lipinski definition) is 7. The van der Waals surface area contributed by atoms with Gasteiger partial charge in [0.1, 0.15) is 10.6 Å². The number of hydrogen-bond donors (Lipinski definition) is 1. The Morgan fingerprint density at radius 1 is 1.12 bits per heavy atom. The van der Waals surface area contributed by atoms with Crippen molar-refractivity contribution in [3.05, 3.63) is 82.5 Å². The number of rotatable bonds is 5. The molecular weight excluding hydrogens is 324 g/mol. The van der Waals surface area contributed by atoms with Crippen LogP contribution in [0.3, 0.4) is 0 Å². The van der Waals surface area contributed by atoms with E-state index >= 15 is 0 Å². The number of nitrogens with zero attached hydrogens (tertiary/aromatic N) is 5. The van der Waals surface area contributed by atoms with Gasteiger partial charge in [0.15, 0.2) is 17.4 Å². The molecule has 3 aromatic heterocycles. The molecule has 3 rings (SSSR count). The smallest absolute Gasteiger partial charge is 0.400 e. The van der Waals surface area contributed by atoms with Crippen LogP contribution in [-0.2, 0) is 0 Å². The average molecular weight is 336 g/mol. The lowest BCUT2D eigenvalue weighted by Gasteiger charge is -2.04. The lowest BCUT2D eigenvalue weighted by Crippen LogP contribution is -2.20. The number of nitrogens with one attached hydrogen (secondary N) is 1. The first kappa shape index (κ1) is 16.0. The van der Waals surface area contributed by atoms with Crippen molar-refractivity contribution in [1.82, 2.24) is 15.4 Å². The maximum atomic E-state index is 10.6. The van der Waals surface area contributed by atoms with Crippen LogP contribution in [0.25, 0.3) is 0 Å². The van der Waals surface area contributed by atoms with E-state index in [0.717, 1.165) is 0 Å². The fourth-order valence-electron chi connectivity index (χ4n) is 1.84. The van der Waals surface area contributed by atoms with Gasteiger partial charge in [-0.1, -0.05) is 12.1 Å². The van der Waals surface area contributed by atoms with Gasteiger partial charge in [-0.15, -0.1) is 0 Å². The Morgan fingerprint density at radius 3 is 2.56 bits per heavy atom. The molecule has 0 saturated heterocycles. The van der Waals surface area contributed by atoms with Crippen molar-refractivity contribution in [3.8, 4) is 0 Å². The molecular formula is C16H12N6O3. The highest BCUT2D eigenvalue weighted by Crippen LogP contribution is 2.13. The van der Waals surface area contributed by atoms with Gasteiger partial charge >= 0.3 is 5.88 Å². The molecule has 9 nitrogen and oxygen atoms in total. The molecule has 3 heterocycles. The fraction of sp³-hybridized carbons (Fsp3) is 0. The number of nitro groups is 1. The van der Waals surface area contributed by atoms with E-state index in [4.69, 9.17) is 4.42 Å². The van der Waals surface area contributed by atoms with Gasteiger partial charge < -0.3 is 4.42 Å². The highest BCUT2D eigenvalue weighted by Gasteiger charge is 2.10. The van der Waals surface area contributed by atoms with Gasteiger partial charge in [-0.2, -0.15) is 5.10 Å². The van der Waals surface area contributed by atoms with E-state index in [1.54, 1.807) is 36.7 Å². The molecule has 0 radical (unpaired) electrons. The van der Waals surface area contributed by atoms with Gasteiger partial charge in [-0.25, -0.2) is 9.98 Å². The van der Waals surface area contributed by atoms with Gasteiger partial charge in [-0.05, 0) is 30.3 Å². The number of hydrazone groups is 1. The summed E-state index contributed by atoms with van der Waals surface area (Å²) in [5.41, 5.74) is 3.32. The summed E-state index contributed by atoms with van der Waals surface area (Å²) in [5, 5.41) is 14.6. The second kappa shape index (κ2) is 7.59. The van der Waals surface area contributed by atoms with Crippen LogP contribution in [-0.4, -0.2) is 26.9 Å². The third-order valence-electron chi connectivity index (χ3n) is 2.94. The minimum atomic E-state index is -0.618. The summed E-state index contributed by atoms with van der Waals surface area (Å²) in [6, 6.07) is 13.4. The van der Waals surface area contributed by atoms with Crippen LogP contribution in [0.1, 0.15) is 11.5 Å². The Bertz CT molecular complexity index is 906. The molecule has 0 aromatic carbocycles. The van der Waals surface area contributed by atoms with E-state index in [0.29, 0.717) is 17.3 Å². The normalized spacial score (nSPS) is 11.6. The van der Waals surface area contributed by atoms with Crippen molar-refractivity contribution in [2.75, 3.05) is 0 Å². The zero-order valence-electron chi connectivity index (χ0n) is 12.8. The molecule has 0 unspecified atom stereocenters. The Kier molecular flexibility index (Phi) is 4.86. The molecule has 124 valence electrons. The first-order valence-corrected chi connectivity index (χ1v) is 7.17. The van der Waals surface area contributed by atoms with E-state index < -0.39 is 4.92 Å². The second-order valence-corrected chi connectivity index (χ2v) is 4.67. The summed E-state index contributed by atoms with van der Waals surface area (Å²) in [5.74, 6) is 0.738. The summed E-state index contributed by atoms with van der Waals surface area (Å²) in [6.45, 7) is 0. The first-order chi connectivity index (χ1) is 12.2. The quantitative estimate of drug-likeness (QED) is 0.331. The minimum Gasteiger partial charge on any atom is -0.400 e. The van der Waals surface area contributed by atoms with Gasteiger partial charge in [0.25, 0.3) is 0 Å². The van der Waals surface area contributed by atoms with Gasteiger partial charge in [0, 0.05) is 12.4 Å². The van der Waals surface area contributed by atoms with Crippen molar-refractivity contribution >= 4 is 23.8 Å². The lowest BCUT2D eigenvalue weighted by atomic mass is 10.3. The number of furan rings is 1. The van der Waals surface area contributed by atoms with Crippen molar-refractivity contribution in [2.24, 2.45) is 10.1 Å². The van der Waals surface area contributed by atoms with Crippen LogP contribution < -0.4 is 5.43 Å². The molecule has 1 N–H and O–H groups in total. The largest absolute Gasteiger partial charge is 0.433 e. The molecule has 0 saturated carbocycles. The summed E-state index contributed by atoms with van der Waals surface area (Å²) >= 11 is 0. The number of aromatic nitrogens is 2. The first-order valence-electron chi connectivity index (χ1n) is 7.17. The zero-order valence-corrected chi connectivity index (χ0v) is 12.8. The molecule has 0 aliphatic rings. The third kappa shape index (κ3) is 4.32. The predicted molar refractivity (Wildman–Crippen MR) is 90.8 cm³/mol. The van der Waals surface area contributed by atoms with Crippen LogP contribution in [0.2, 0.25) is 0 Å². The van der Waals surface area contributed by atoms with E-state index in [1.165, 1.54) is 18.3 Å². The second-order valence-electron chi connectivity index (χ2n) is 4.67. The van der Waals surface area contributed by atoms with Gasteiger partial charge in [0.05, 0.1) is 12.3 Å². The lowest BCUT2D eigenvalue weighted by molar-refractivity contribution is -0.402. The van der Waals surface area contributed by atoms with Crippen molar-refractivity contribution < 1.29 is 9.34 Å². The summed E-state index contributed by atoms with van der Waals surface area (Å²) in [7, 11) is 0. The summed E-state index contributed by atoms with van der Waals surface area (Å²) < 4.78 is 4.99. The Morgan fingerprint density at radius 2 is 1.92 bits per heavy atom. The predicted octanol–water partition coefficient (Wildman–Crippen LogP) is 2.68. The SMILES string of the molecule is O=[N+]([O-])c1ccc(/C=N\NC(=Nc2ccccn2)c2ccccn2)o1. The highest BCUT2D eigenvalue weighted by atomic mass is 16.6. The standard InChI is InChI=1S/C16H12N6O3/c23-22(24)15-8-7-12(25-15)11-19-21-16(13-5-1-3-9-17-13)20-14-6-2-4-10-18-14/h1-11H,(H,18,20,21)/b19-11-. The van der Waals surface area contributed by atoms with Gasteiger partial charge in [0.2, 0.25) is 0 Å². The molecule has 0 atom stereocenters. The van der Waals surface area contributed by atoms with E-state index in [9.17, 15) is 10.1 Å². The molecule has 9 heteroatoms. The Hall–Kier alpha value is -3.88. The molecule has 25 heavy (non-hydrogen) atoms. The molecule has 0 amide bonds. The third-order valence-corrected chi connectivity index (χ3v) is 2.94. The highest BCUT2D eigenvalue weighted by molar-refractivity contribution is 5.98. The Balaban J connectivity index is 1.81. The van der Waals surface area contributed by atoms with E-state index in [1.807, 2.05) is 12.1 Å². The van der Waals surface area contributed by atoms with E-state index in [-0.39, 0.29) is 11.6 Å². The number of amidine groups is 1. The van der Waals surface area contributed by atoms with Crippen molar-refractivity contribution in [3.63, 3.8) is 0 Å². The fourth-order valence-corrected chi connectivity index (χ4v) is 1.84. The number of pyridine rings is 2. The topological polar surface area (TPSA) is 119 Å². The number of aliphatic imine (C=N–C) groups is 1. The molecule has 0 spiro atoms. The monoisotopic (exact) mass is 336 g/mol. The van der Waals surface area contributed by atoms with Crippen molar-refractivity contribution in [1.29, 1.82) is 0 Å². The molecule has 0 bridgehead atoms. The van der Waals surface area contributed by atoms with Crippen LogP contribution in [0.15, 0.2) is 75.4 Å². The van der Waals surface area contributed by atoms with Crippen LogP contribution in [0, 0.1) is 10.1 Å². The van der Waals surface area contributed by atoms with Crippen LogP contribution >= 0.6 is 0 Å². The zero-order chi connectivity index (χ0) is 17.5. The van der Waals surface area contributed by atoms with Crippen LogP contribution in [0.5, 0.6) is 0 Å². The molecule has 0 aliphatic heterocycles. The maximum Gasteiger partial charge on any atom is 0.433 e. The van der Waals surface area contributed by atoms with E-state index in [2.05, 4.69) is 25.5 Å². The minimum absolute atomic E-state index is 0.234. The maximum absolute atomic E-state index is 10.6. The molecule has 3 aromatic rings. The van der Waals surface area contributed by atoms with Crippen molar-refractivity contribution in [2.45, 2.75) is 0 Å². The summed E-state index contributed by atoms with van der Waals surface area (Å²) in [6.07, 6.45) is 4.56.